The van der Waals surface area contributed by atoms with Crippen molar-refractivity contribution < 1.29 is 9.90 Å². The van der Waals surface area contributed by atoms with Crippen LogP contribution in [-0.2, 0) is 6.54 Å². The lowest BCUT2D eigenvalue weighted by molar-refractivity contribution is -0.0862. The molecule has 100 valence electrons. The molecule has 1 aromatic rings. The third kappa shape index (κ3) is 2.40. The van der Waals surface area contributed by atoms with E-state index < -0.39 is 5.60 Å². The van der Waals surface area contributed by atoms with Crippen LogP contribution < -0.4 is 0 Å². The first kappa shape index (κ1) is 13.4. The number of halogens is 1. The minimum Gasteiger partial charge on any atom is -0.386 e. The van der Waals surface area contributed by atoms with Crippen molar-refractivity contribution in [3.8, 4) is 0 Å². The van der Waals surface area contributed by atoms with Crippen molar-refractivity contribution in [3.05, 3.63) is 23.0 Å². The first-order valence-corrected chi connectivity index (χ1v) is 6.74. The van der Waals surface area contributed by atoms with Crippen LogP contribution >= 0.6 is 11.6 Å². The third-order valence-electron chi connectivity index (χ3n) is 3.40. The lowest BCUT2D eigenvalue weighted by Crippen LogP contribution is -2.63. The molecule has 0 aromatic carbocycles. The number of β-amino-alcohol motifs (C(OH)–C–C–N with tert-alkyl or cyclic N) is 1. The van der Waals surface area contributed by atoms with Gasteiger partial charge in [-0.15, -0.1) is 0 Å². The molecule has 2 heterocycles. The van der Waals surface area contributed by atoms with Crippen LogP contribution in [0, 0.1) is 0 Å². The first-order chi connectivity index (χ1) is 8.49. The maximum Gasteiger partial charge on any atom is 0.270 e. The van der Waals surface area contributed by atoms with E-state index in [1.807, 2.05) is 18.4 Å². The SMILES string of the molecule is CCCC1(O)CN(C(=O)c2cc(Cl)cn2CC)C1. The number of nitrogens with zero attached hydrogens (tertiary/aromatic N) is 2. The zero-order chi connectivity index (χ0) is 13.3. The van der Waals surface area contributed by atoms with Gasteiger partial charge in [0.15, 0.2) is 0 Å². The summed E-state index contributed by atoms with van der Waals surface area (Å²) in [5.74, 6) is -0.0514. The number of amides is 1. The maximum absolute atomic E-state index is 12.2. The molecule has 18 heavy (non-hydrogen) atoms. The van der Waals surface area contributed by atoms with Gasteiger partial charge in [0.1, 0.15) is 5.69 Å². The molecule has 0 radical (unpaired) electrons. The fourth-order valence-electron chi connectivity index (χ4n) is 2.51. The molecule has 5 heteroatoms. The van der Waals surface area contributed by atoms with Crippen LogP contribution in [0.5, 0.6) is 0 Å². The number of hydrogen-bond donors (Lipinski definition) is 1. The van der Waals surface area contributed by atoms with Crippen LogP contribution in [0.25, 0.3) is 0 Å². The van der Waals surface area contributed by atoms with Gasteiger partial charge in [-0.2, -0.15) is 0 Å². The van der Waals surface area contributed by atoms with Crippen LogP contribution in [-0.4, -0.2) is 39.2 Å². The van der Waals surface area contributed by atoms with Crippen molar-refractivity contribution in [3.63, 3.8) is 0 Å². The van der Waals surface area contributed by atoms with Gasteiger partial charge in [-0.25, -0.2) is 0 Å². The summed E-state index contributed by atoms with van der Waals surface area (Å²) < 4.78 is 1.84. The molecule has 2 rings (SSSR count). The van der Waals surface area contributed by atoms with Gasteiger partial charge < -0.3 is 14.6 Å². The summed E-state index contributed by atoms with van der Waals surface area (Å²) in [6.45, 7) is 5.56. The molecule has 0 atom stereocenters. The number of hydrogen-bond acceptors (Lipinski definition) is 2. The zero-order valence-electron chi connectivity index (χ0n) is 10.8. The molecule has 1 saturated heterocycles. The fourth-order valence-corrected chi connectivity index (χ4v) is 2.73. The predicted molar refractivity (Wildman–Crippen MR) is 70.9 cm³/mol. The molecule has 1 aliphatic heterocycles. The molecule has 0 unspecified atom stereocenters. The molecule has 0 aliphatic carbocycles. The predicted octanol–water partition coefficient (Wildman–Crippen LogP) is 2.15. The van der Waals surface area contributed by atoms with Gasteiger partial charge in [-0.3, -0.25) is 4.79 Å². The second-order valence-corrected chi connectivity index (χ2v) is 5.40. The minimum absolute atomic E-state index is 0.0514. The van der Waals surface area contributed by atoms with Crippen LogP contribution in [0.15, 0.2) is 12.3 Å². The van der Waals surface area contributed by atoms with E-state index in [0.29, 0.717) is 30.4 Å². The van der Waals surface area contributed by atoms with Crippen molar-refractivity contribution >= 4 is 17.5 Å². The van der Waals surface area contributed by atoms with Gasteiger partial charge in [-0.05, 0) is 19.4 Å². The van der Waals surface area contributed by atoms with Crippen molar-refractivity contribution in [2.45, 2.75) is 38.8 Å². The largest absolute Gasteiger partial charge is 0.386 e. The summed E-state index contributed by atoms with van der Waals surface area (Å²) in [6, 6.07) is 1.69. The Balaban J connectivity index is 2.05. The second-order valence-electron chi connectivity index (χ2n) is 4.97. The number of rotatable bonds is 4. The average molecular weight is 271 g/mol. The van der Waals surface area contributed by atoms with Crippen LogP contribution in [0.1, 0.15) is 37.2 Å². The Kier molecular flexibility index (Phi) is 3.69. The Morgan fingerprint density at radius 3 is 2.72 bits per heavy atom. The summed E-state index contributed by atoms with van der Waals surface area (Å²) in [5.41, 5.74) is -0.0845. The van der Waals surface area contributed by atoms with Gasteiger partial charge >= 0.3 is 0 Å². The number of aryl methyl sites for hydroxylation is 1. The van der Waals surface area contributed by atoms with Crippen LogP contribution in [0.3, 0.4) is 0 Å². The van der Waals surface area contributed by atoms with E-state index in [0.717, 1.165) is 12.8 Å². The van der Waals surface area contributed by atoms with Crippen LogP contribution in [0.2, 0.25) is 5.02 Å². The molecule has 1 fully saturated rings. The third-order valence-corrected chi connectivity index (χ3v) is 3.60. The highest BCUT2D eigenvalue weighted by Gasteiger charge is 2.43. The van der Waals surface area contributed by atoms with Crippen molar-refractivity contribution in [2.24, 2.45) is 0 Å². The van der Waals surface area contributed by atoms with E-state index in [-0.39, 0.29) is 5.91 Å². The van der Waals surface area contributed by atoms with Crippen LogP contribution in [0.4, 0.5) is 0 Å². The standard InChI is InChI=1S/C13H19ClN2O2/c1-3-5-13(18)8-16(9-13)12(17)11-6-10(14)7-15(11)4-2/h6-7,18H,3-5,8-9H2,1-2H3. The molecular formula is C13H19ClN2O2. The first-order valence-electron chi connectivity index (χ1n) is 6.36. The molecule has 1 aliphatic rings. The number of carbonyl (C=O) groups is 1. The van der Waals surface area contributed by atoms with Crippen molar-refractivity contribution in [1.82, 2.24) is 9.47 Å². The van der Waals surface area contributed by atoms with Gasteiger partial charge in [-0.1, -0.05) is 24.9 Å². The quantitative estimate of drug-likeness (QED) is 0.911. The molecular weight excluding hydrogens is 252 g/mol. The van der Waals surface area contributed by atoms with E-state index >= 15 is 0 Å². The Labute approximate surface area is 112 Å². The topological polar surface area (TPSA) is 45.5 Å². The number of likely N-dealkylation sites (tertiary alicyclic amines) is 1. The highest BCUT2D eigenvalue weighted by molar-refractivity contribution is 6.31. The monoisotopic (exact) mass is 270 g/mol. The Morgan fingerprint density at radius 2 is 2.17 bits per heavy atom. The lowest BCUT2D eigenvalue weighted by atomic mass is 9.89. The van der Waals surface area contributed by atoms with E-state index in [1.165, 1.54) is 0 Å². The summed E-state index contributed by atoms with van der Waals surface area (Å²) in [4.78, 5) is 13.9. The average Bonchev–Trinajstić information content (AvgIpc) is 2.66. The van der Waals surface area contributed by atoms with Crippen molar-refractivity contribution in [1.29, 1.82) is 0 Å². The van der Waals surface area contributed by atoms with E-state index in [4.69, 9.17) is 11.6 Å². The molecule has 4 nitrogen and oxygen atoms in total. The lowest BCUT2D eigenvalue weighted by Gasteiger charge is -2.46. The molecule has 1 aromatic heterocycles. The van der Waals surface area contributed by atoms with E-state index in [2.05, 4.69) is 0 Å². The summed E-state index contributed by atoms with van der Waals surface area (Å²) in [5, 5.41) is 10.7. The summed E-state index contributed by atoms with van der Waals surface area (Å²) >= 11 is 5.92. The molecule has 1 amide bonds. The van der Waals surface area contributed by atoms with Gasteiger partial charge in [0.2, 0.25) is 0 Å². The fraction of sp³-hybridized carbons (Fsp3) is 0.615. The Bertz CT molecular complexity index is 450. The van der Waals surface area contributed by atoms with Gasteiger partial charge in [0, 0.05) is 12.7 Å². The highest BCUT2D eigenvalue weighted by Crippen LogP contribution is 2.28. The molecule has 0 bridgehead atoms. The normalized spacial score (nSPS) is 17.7. The number of aliphatic hydroxyl groups is 1. The molecule has 0 spiro atoms. The number of carbonyl (C=O) groups excluding carboxylic acids is 1. The zero-order valence-corrected chi connectivity index (χ0v) is 11.6. The maximum atomic E-state index is 12.2. The Hall–Kier alpha value is -1.00. The summed E-state index contributed by atoms with van der Waals surface area (Å²) in [7, 11) is 0. The number of aromatic nitrogens is 1. The minimum atomic E-state index is -0.683. The van der Waals surface area contributed by atoms with Crippen molar-refractivity contribution in [2.75, 3.05) is 13.1 Å². The second kappa shape index (κ2) is 4.94. The Morgan fingerprint density at radius 1 is 1.50 bits per heavy atom. The molecule has 0 saturated carbocycles. The van der Waals surface area contributed by atoms with Gasteiger partial charge in [0.25, 0.3) is 5.91 Å². The van der Waals surface area contributed by atoms with E-state index in [1.54, 1.807) is 17.2 Å². The smallest absolute Gasteiger partial charge is 0.270 e. The molecule has 1 N–H and O–H groups in total. The van der Waals surface area contributed by atoms with Gasteiger partial charge in [0.05, 0.1) is 23.7 Å². The highest BCUT2D eigenvalue weighted by atomic mass is 35.5. The van der Waals surface area contributed by atoms with E-state index in [9.17, 15) is 9.90 Å². The summed E-state index contributed by atoms with van der Waals surface area (Å²) in [6.07, 6.45) is 3.43.